The summed E-state index contributed by atoms with van der Waals surface area (Å²) in [5, 5.41) is 2.69. The normalized spacial score (nSPS) is 10.5. The number of Topliss-reactive ketones (excluding diaryl/α,β-unsaturated/α-hetero) is 2. The van der Waals surface area contributed by atoms with E-state index in [4.69, 9.17) is 0 Å². The Hall–Kier alpha value is -2.34. The molecule has 132 valence electrons. The molecule has 1 aromatic heterocycles. The summed E-state index contributed by atoms with van der Waals surface area (Å²) >= 11 is 1.42. The lowest BCUT2D eigenvalue weighted by atomic mass is 10.1. The maximum atomic E-state index is 12.8. The second kappa shape index (κ2) is 9.22. The molecule has 6 heteroatoms. The largest absolute Gasteiger partial charge is 0.352 e. The van der Waals surface area contributed by atoms with Gasteiger partial charge in [-0.15, -0.1) is 11.3 Å². The fourth-order valence-electron chi connectivity index (χ4n) is 2.23. The maximum absolute atomic E-state index is 12.8. The van der Waals surface area contributed by atoms with Gasteiger partial charge in [0.1, 0.15) is 11.6 Å². The van der Waals surface area contributed by atoms with Gasteiger partial charge < -0.3 is 5.32 Å². The summed E-state index contributed by atoms with van der Waals surface area (Å²) in [6, 6.07) is 9.51. The third-order valence-electron chi connectivity index (χ3n) is 3.68. The van der Waals surface area contributed by atoms with Crippen molar-refractivity contribution in [2.24, 2.45) is 0 Å². The first kappa shape index (κ1) is 19.0. The van der Waals surface area contributed by atoms with Crippen LogP contribution in [0, 0.1) is 12.7 Å². The quantitative estimate of drug-likeness (QED) is 0.691. The number of thiophene rings is 1. The fraction of sp³-hybridized carbons (Fsp3) is 0.316. The Labute approximate surface area is 150 Å². The molecule has 25 heavy (non-hydrogen) atoms. The van der Waals surface area contributed by atoms with Crippen LogP contribution in [0.1, 0.15) is 45.8 Å². The summed E-state index contributed by atoms with van der Waals surface area (Å²) in [5.41, 5.74) is 0.790. The van der Waals surface area contributed by atoms with E-state index in [1.807, 2.05) is 13.0 Å². The van der Waals surface area contributed by atoms with Crippen LogP contribution in [0.3, 0.4) is 0 Å². The molecule has 2 aromatic rings. The van der Waals surface area contributed by atoms with Gasteiger partial charge in [-0.1, -0.05) is 12.1 Å². The van der Waals surface area contributed by atoms with E-state index in [-0.39, 0.29) is 49.0 Å². The van der Waals surface area contributed by atoms with Crippen LogP contribution in [0.2, 0.25) is 0 Å². The minimum atomic E-state index is -0.326. The standard InChI is InChI=1S/C19H20FNO3S/c1-13-2-10-18(25-13)17(23)9-7-16(22)8-11-19(24)21-12-14-3-5-15(20)6-4-14/h2-6,10H,7-9,11-12H2,1H3,(H,21,24). The Morgan fingerprint density at radius 1 is 0.960 bits per heavy atom. The average Bonchev–Trinajstić information content (AvgIpc) is 3.04. The molecule has 0 spiro atoms. The lowest BCUT2D eigenvalue weighted by molar-refractivity contribution is -0.125. The zero-order valence-corrected chi connectivity index (χ0v) is 14.8. The number of amides is 1. The Balaban J connectivity index is 1.64. The zero-order chi connectivity index (χ0) is 18.2. The predicted octanol–water partition coefficient (Wildman–Crippen LogP) is 3.82. The molecule has 0 saturated carbocycles. The smallest absolute Gasteiger partial charge is 0.220 e. The van der Waals surface area contributed by atoms with Crippen molar-refractivity contribution < 1.29 is 18.8 Å². The number of benzene rings is 1. The molecule has 4 nitrogen and oxygen atoms in total. The minimum absolute atomic E-state index is 0.0350. The molecule has 0 aliphatic carbocycles. The molecule has 1 aromatic carbocycles. The molecule has 0 radical (unpaired) electrons. The van der Waals surface area contributed by atoms with E-state index in [9.17, 15) is 18.8 Å². The number of nitrogens with one attached hydrogen (secondary N) is 1. The monoisotopic (exact) mass is 361 g/mol. The van der Waals surface area contributed by atoms with Crippen molar-refractivity contribution in [1.29, 1.82) is 0 Å². The first-order valence-electron chi connectivity index (χ1n) is 8.06. The van der Waals surface area contributed by atoms with Gasteiger partial charge in [-0.25, -0.2) is 4.39 Å². The van der Waals surface area contributed by atoms with Crippen LogP contribution in [-0.4, -0.2) is 17.5 Å². The first-order valence-corrected chi connectivity index (χ1v) is 8.88. The molecule has 0 unspecified atom stereocenters. The van der Waals surface area contributed by atoms with Crippen molar-refractivity contribution in [3.05, 3.63) is 57.5 Å². The molecule has 0 bridgehead atoms. The van der Waals surface area contributed by atoms with Crippen LogP contribution in [-0.2, 0) is 16.1 Å². The van der Waals surface area contributed by atoms with Gasteiger partial charge >= 0.3 is 0 Å². The van der Waals surface area contributed by atoms with Crippen molar-refractivity contribution in [1.82, 2.24) is 5.32 Å². The highest BCUT2D eigenvalue weighted by Gasteiger charge is 2.12. The number of aryl methyl sites for hydroxylation is 1. The van der Waals surface area contributed by atoms with E-state index in [2.05, 4.69) is 5.32 Å². The molecular formula is C19H20FNO3S. The molecule has 0 atom stereocenters. The van der Waals surface area contributed by atoms with Crippen molar-refractivity contribution in [3.8, 4) is 0 Å². The lowest BCUT2D eigenvalue weighted by Crippen LogP contribution is -2.23. The Kier molecular flexibility index (Phi) is 7.01. The van der Waals surface area contributed by atoms with E-state index in [0.717, 1.165) is 10.4 Å². The molecular weight excluding hydrogens is 341 g/mol. The lowest BCUT2D eigenvalue weighted by Gasteiger charge is -2.05. The number of hydrogen-bond donors (Lipinski definition) is 1. The van der Waals surface area contributed by atoms with Gasteiger partial charge in [0.25, 0.3) is 0 Å². The summed E-state index contributed by atoms with van der Waals surface area (Å²) in [6.07, 6.45) is 0.537. The Morgan fingerprint density at radius 3 is 2.28 bits per heavy atom. The van der Waals surface area contributed by atoms with E-state index >= 15 is 0 Å². The van der Waals surface area contributed by atoms with Crippen molar-refractivity contribution in [2.45, 2.75) is 39.2 Å². The summed E-state index contributed by atoms with van der Waals surface area (Å²) in [7, 11) is 0. The van der Waals surface area contributed by atoms with Gasteiger partial charge in [0.15, 0.2) is 5.78 Å². The first-order chi connectivity index (χ1) is 11.9. The van der Waals surface area contributed by atoms with Gasteiger partial charge in [-0.05, 0) is 36.8 Å². The van der Waals surface area contributed by atoms with Crippen molar-refractivity contribution in [3.63, 3.8) is 0 Å². The number of rotatable bonds is 9. The molecule has 0 saturated heterocycles. The molecule has 0 fully saturated rings. The molecule has 1 heterocycles. The molecule has 2 rings (SSSR count). The Morgan fingerprint density at radius 2 is 1.64 bits per heavy atom. The topological polar surface area (TPSA) is 63.2 Å². The average molecular weight is 361 g/mol. The summed E-state index contributed by atoms with van der Waals surface area (Å²) in [5.74, 6) is -0.698. The Bertz CT molecular complexity index is 752. The molecule has 0 aliphatic rings. The number of carbonyl (C=O) groups excluding carboxylic acids is 3. The number of carbonyl (C=O) groups is 3. The zero-order valence-electron chi connectivity index (χ0n) is 14.0. The number of hydrogen-bond acceptors (Lipinski definition) is 4. The highest BCUT2D eigenvalue weighted by atomic mass is 32.1. The minimum Gasteiger partial charge on any atom is -0.352 e. The van der Waals surface area contributed by atoms with Crippen LogP contribution in [0.15, 0.2) is 36.4 Å². The predicted molar refractivity (Wildman–Crippen MR) is 95.1 cm³/mol. The van der Waals surface area contributed by atoms with E-state index < -0.39 is 0 Å². The van der Waals surface area contributed by atoms with Gasteiger partial charge in [0.2, 0.25) is 5.91 Å². The molecule has 0 aliphatic heterocycles. The van der Waals surface area contributed by atoms with Crippen LogP contribution in [0.5, 0.6) is 0 Å². The summed E-state index contributed by atoms with van der Waals surface area (Å²) in [6.45, 7) is 2.22. The highest BCUT2D eigenvalue weighted by molar-refractivity contribution is 7.14. The van der Waals surface area contributed by atoms with E-state index in [1.165, 1.54) is 23.5 Å². The number of ketones is 2. The van der Waals surface area contributed by atoms with Crippen LogP contribution >= 0.6 is 11.3 Å². The SMILES string of the molecule is Cc1ccc(C(=O)CCC(=O)CCC(=O)NCc2ccc(F)cc2)s1. The van der Waals surface area contributed by atoms with Crippen molar-refractivity contribution >= 4 is 28.8 Å². The van der Waals surface area contributed by atoms with Crippen molar-refractivity contribution in [2.75, 3.05) is 0 Å². The van der Waals surface area contributed by atoms with E-state index in [0.29, 0.717) is 11.4 Å². The fourth-order valence-corrected chi connectivity index (χ4v) is 3.06. The van der Waals surface area contributed by atoms with Gasteiger partial charge in [0, 0.05) is 37.1 Å². The summed E-state index contributed by atoms with van der Waals surface area (Å²) < 4.78 is 12.8. The van der Waals surface area contributed by atoms with Crippen LogP contribution in [0.4, 0.5) is 4.39 Å². The van der Waals surface area contributed by atoms with E-state index in [1.54, 1.807) is 18.2 Å². The van der Waals surface area contributed by atoms with Crippen LogP contribution < -0.4 is 5.32 Å². The van der Waals surface area contributed by atoms with Gasteiger partial charge in [-0.2, -0.15) is 0 Å². The summed E-state index contributed by atoms with van der Waals surface area (Å²) in [4.78, 5) is 37.2. The van der Waals surface area contributed by atoms with Gasteiger partial charge in [-0.3, -0.25) is 14.4 Å². The number of halogens is 1. The molecule has 1 N–H and O–H groups in total. The highest BCUT2D eigenvalue weighted by Crippen LogP contribution is 2.17. The van der Waals surface area contributed by atoms with Gasteiger partial charge in [0.05, 0.1) is 4.88 Å². The maximum Gasteiger partial charge on any atom is 0.220 e. The second-order valence-corrected chi connectivity index (χ2v) is 7.06. The molecule has 1 amide bonds. The second-order valence-electron chi connectivity index (χ2n) is 5.78. The van der Waals surface area contributed by atoms with Crippen LogP contribution in [0.25, 0.3) is 0 Å². The third-order valence-corrected chi connectivity index (χ3v) is 4.72. The third kappa shape index (κ3) is 6.58.